The van der Waals surface area contributed by atoms with Crippen LogP contribution in [0.1, 0.15) is 56.1 Å². The molecule has 0 radical (unpaired) electrons. The zero-order chi connectivity index (χ0) is 23.1. The fraction of sp³-hybridized carbons (Fsp3) is 0.519. The van der Waals surface area contributed by atoms with Gasteiger partial charge in [-0.2, -0.15) is 0 Å². The molecule has 0 unspecified atom stereocenters. The molecule has 2 saturated heterocycles. The first-order valence-electron chi connectivity index (χ1n) is 12.3. The Bertz CT molecular complexity index is 1120. The highest BCUT2D eigenvalue weighted by atomic mass is 32.2. The lowest BCUT2D eigenvalue weighted by molar-refractivity contribution is -0.138. The average Bonchev–Trinajstić information content (AvgIpc) is 3.17. The van der Waals surface area contributed by atoms with Gasteiger partial charge < -0.3 is 4.90 Å². The minimum Gasteiger partial charge on any atom is -0.337 e. The molecule has 2 heterocycles. The summed E-state index contributed by atoms with van der Waals surface area (Å²) in [5.74, 6) is 0.767. The van der Waals surface area contributed by atoms with E-state index in [4.69, 9.17) is 0 Å². The van der Waals surface area contributed by atoms with Gasteiger partial charge in [-0.3, -0.25) is 4.79 Å². The Kier molecular flexibility index (Phi) is 6.08. The van der Waals surface area contributed by atoms with E-state index < -0.39 is 10.0 Å². The second-order valence-corrected chi connectivity index (χ2v) is 11.8. The maximum atomic E-state index is 13.4. The molecule has 3 aliphatic rings. The summed E-state index contributed by atoms with van der Waals surface area (Å²) in [6.07, 6.45) is 7.09. The molecular weight excluding hydrogens is 432 g/mol. The summed E-state index contributed by atoms with van der Waals surface area (Å²) in [5.41, 5.74) is 1.90. The number of benzene rings is 2. The Morgan fingerprint density at radius 2 is 1.76 bits per heavy atom. The van der Waals surface area contributed by atoms with Gasteiger partial charge in [0.15, 0.2) is 0 Å². The van der Waals surface area contributed by atoms with Crippen LogP contribution in [0.4, 0.5) is 0 Å². The van der Waals surface area contributed by atoms with Crippen LogP contribution in [0.2, 0.25) is 0 Å². The maximum Gasteiger partial charge on any atom is 0.241 e. The van der Waals surface area contributed by atoms with Crippen molar-refractivity contribution in [2.45, 2.75) is 74.8 Å². The Morgan fingerprint density at radius 1 is 1.00 bits per heavy atom. The van der Waals surface area contributed by atoms with E-state index in [1.165, 1.54) is 5.56 Å². The molecule has 2 aliphatic heterocycles. The topological polar surface area (TPSA) is 66.5 Å². The van der Waals surface area contributed by atoms with E-state index in [1.54, 1.807) is 12.1 Å². The third kappa shape index (κ3) is 4.12. The van der Waals surface area contributed by atoms with E-state index in [1.807, 2.05) is 25.1 Å². The quantitative estimate of drug-likeness (QED) is 0.708. The number of aryl methyl sites for hydroxylation is 1. The molecule has 1 aliphatic carbocycles. The first-order valence-corrected chi connectivity index (χ1v) is 13.8. The van der Waals surface area contributed by atoms with Crippen LogP contribution < -0.4 is 4.72 Å². The van der Waals surface area contributed by atoms with Gasteiger partial charge >= 0.3 is 0 Å². The van der Waals surface area contributed by atoms with E-state index in [2.05, 4.69) is 33.9 Å². The minimum atomic E-state index is -3.63. The highest BCUT2D eigenvalue weighted by Gasteiger charge is 2.56. The third-order valence-electron chi connectivity index (χ3n) is 8.35. The maximum absolute atomic E-state index is 13.4. The van der Waals surface area contributed by atoms with Crippen LogP contribution in [0.15, 0.2) is 59.5 Å². The summed E-state index contributed by atoms with van der Waals surface area (Å²) in [4.78, 5) is 15.5. The van der Waals surface area contributed by atoms with E-state index in [9.17, 15) is 13.2 Å². The molecule has 2 aromatic carbocycles. The largest absolute Gasteiger partial charge is 0.337 e. The lowest BCUT2D eigenvalue weighted by Crippen LogP contribution is -2.60. The first-order chi connectivity index (χ1) is 15.9. The van der Waals surface area contributed by atoms with Crippen LogP contribution in [0.25, 0.3) is 0 Å². The van der Waals surface area contributed by atoms with Crippen molar-refractivity contribution < 1.29 is 13.2 Å². The molecule has 6 heteroatoms. The smallest absolute Gasteiger partial charge is 0.241 e. The van der Waals surface area contributed by atoms with Gasteiger partial charge in [0.25, 0.3) is 0 Å². The monoisotopic (exact) mass is 466 g/mol. The van der Waals surface area contributed by atoms with E-state index in [0.717, 1.165) is 57.1 Å². The van der Waals surface area contributed by atoms with Crippen molar-refractivity contribution in [3.63, 3.8) is 0 Å². The van der Waals surface area contributed by atoms with Gasteiger partial charge in [-0.1, -0.05) is 48.5 Å². The highest BCUT2D eigenvalue weighted by Crippen LogP contribution is 2.52. The van der Waals surface area contributed by atoms with Crippen LogP contribution in [-0.2, 0) is 21.2 Å². The summed E-state index contributed by atoms with van der Waals surface area (Å²) in [6.45, 7) is 2.70. The van der Waals surface area contributed by atoms with Crippen LogP contribution in [0, 0.1) is 18.8 Å². The molecule has 4 atom stereocenters. The highest BCUT2D eigenvalue weighted by molar-refractivity contribution is 7.89. The van der Waals surface area contributed by atoms with Gasteiger partial charge in [-0.15, -0.1) is 0 Å². The molecule has 1 spiro atoms. The molecule has 5 rings (SSSR count). The summed E-state index contributed by atoms with van der Waals surface area (Å²) in [6, 6.07) is 17.5. The zero-order valence-corrected chi connectivity index (χ0v) is 20.2. The molecule has 176 valence electrons. The Labute approximate surface area is 197 Å². The SMILES string of the molecule is Cc1ccccc1S(=O)(=O)N[C@H]1CC[C@@]23CCCN2C(=O)CCC[C@H]3[C@H]1Cc1ccccc1. The second kappa shape index (κ2) is 8.88. The summed E-state index contributed by atoms with van der Waals surface area (Å²) >= 11 is 0. The van der Waals surface area contributed by atoms with Crippen molar-refractivity contribution in [2.24, 2.45) is 11.8 Å². The molecule has 5 nitrogen and oxygen atoms in total. The van der Waals surface area contributed by atoms with Gasteiger partial charge in [0.2, 0.25) is 15.9 Å². The minimum absolute atomic E-state index is 0.0996. The second-order valence-electron chi connectivity index (χ2n) is 10.1. The summed E-state index contributed by atoms with van der Waals surface area (Å²) < 4.78 is 30.0. The van der Waals surface area contributed by atoms with Crippen LogP contribution in [0.3, 0.4) is 0 Å². The number of rotatable bonds is 5. The lowest BCUT2D eigenvalue weighted by Gasteiger charge is -2.53. The Morgan fingerprint density at radius 3 is 2.55 bits per heavy atom. The van der Waals surface area contributed by atoms with Crippen molar-refractivity contribution in [3.05, 3.63) is 65.7 Å². The Hall–Kier alpha value is -2.18. The number of hydrogen-bond acceptors (Lipinski definition) is 3. The van der Waals surface area contributed by atoms with Gasteiger partial charge in [-0.05, 0) is 80.9 Å². The number of carbonyl (C=O) groups excluding carboxylic acids is 1. The zero-order valence-electron chi connectivity index (χ0n) is 19.4. The molecule has 2 aromatic rings. The molecule has 0 bridgehead atoms. The van der Waals surface area contributed by atoms with Crippen LogP contribution >= 0.6 is 0 Å². The van der Waals surface area contributed by atoms with Crippen molar-refractivity contribution in [3.8, 4) is 0 Å². The summed E-state index contributed by atoms with van der Waals surface area (Å²) in [5, 5.41) is 0. The number of nitrogens with one attached hydrogen (secondary N) is 1. The standard InChI is InChI=1S/C27H34N2O3S/c1-20-9-5-6-13-25(20)33(31,32)28-24-15-17-27-16-8-18-29(27)26(30)14-7-12-23(27)22(24)19-21-10-3-2-4-11-21/h2-6,9-11,13,22-24,28H,7-8,12,14-19H2,1H3/t22-,23+,24+,27-/m1/s1. The van der Waals surface area contributed by atoms with Crippen LogP contribution in [0.5, 0.6) is 0 Å². The molecule has 33 heavy (non-hydrogen) atoms. The lowest BCUT2D eigenvalue weighted by atomic mass is 9.61. The average molecular weight is 467 g/mol. The predicted molar refractivity (Wildman–Crippen MR) is 129 cm³/mol. The van der Waals surface area contributed by atoms with Crippen molar-refractivity contribution in [2.75, 3.05) is 6.54 Å². The molecule has 1 N–H and O–H groups in total. The predicted octanol–water partition coefficient (Wildman–Crippen LogP) is 4.46. The van der Waals surface area contributed by atoms with E-state index >= 15 is 0 Å². The van der Waals surface area contributed by atoms with E-state index in [0.29, 0.717) is 23.1 Å². The number of nitrogens with zero attached hydrogens (tertiary/aromatic N) is 1. The van der Waals surface area contributed by atoms with E-state index in [-0.39, 0.29) is 17.5 Å². The van der Waals surface area contributed by atoms with Gasteiger partial charge in [0.1, 0.15) is 0 Å². The molecular formula is C27H34N2O3S. The normalized spacial score (nSPS) is 29.9. The van der Waals surface area contributed by atoms with Gasteiger partial charge in [0, 0.05) is 24.5 Å². The number of amides is 1. The van der Waals surface area contributed by atoms with Gasteiger partial charge in [0.05, 0.1) is 4.90 Å². The van der Waals surface area contributed by atoms with Gasteiger partial charge in [-0.25, -0.2) is 13.1 Å². The molecule has 1 amide bonds. The number of carbonyl (C=O) groups is 1. The van der Waals surface area contributed by atoms with Crippen molar-refractivity contribution in [1.29, 1.82) is 0 Å². The number of hydrogen-bond donors (Lipinski definition) is 1. The molecule has 0 aromatic heterocycles. The molecule has 3 fully saturated rings. The third-order valence-corrected chi connectivity index (χ3v) is 10.0. The van der Waals surface area contributed by atoms with Crippen molar-refractivity contribution >= 4 is 15.9 Å². The Balaban J connectivity index is 1.51. The summed E-state index contributed by atoms with van der Waals surface area (Å²) in [7, 11) is -3.63. The molecule has 1 saturated carbocycles. The number of sulfonamides is 1. The van der Waals surface area contributed by atoms with Crippen molar-refractivity contribution in [1.82, 2.24) is 9.62 Å². The van der Waals surface area contributed by atoms with Crippen LogP contribution in [-0.4, -0.2) is 37.4 Å². The first kappa shape index (κ1) is 22.6. The fourth-order valence-corrected chi connectivity index (χ4v) is 8.50. The fourth-order valence-electron chi connectivity index (χ4n) is 6.93.